The van der Waals surface area contributed by atoms with Crippen LogP contribution in [-0.2, 0) is 0 Å². The summed E-state index contributed by atoms with van der Waals surface area (Å²) in [6.45, 7) is 6.56. The first-order chi connectivity index (χ1) is 7.45. The molecule has 1 aromatic carbocycles. The van der Waals surface area contributed by atoms with Crippen molar-refractivity contribution in [3.8, 4) is 5.75 Å². The highest BCUT2D eigenvalue weighted by Gasteiger charge is 2.11. The minimum atomic E-state index is 0.419. The van der Waals surface area contributed by atoms with E-state index in [-0.39, 0.29) is 0 Å². The molecule has 0 aliphatic carbocycles. The number of methoxy groups -OCH3 is 1. The summed E-state index contributed by atoms with van der Waals surface area (Å²) >= 11 is 6.99. The van der Waals surface area contributed by atoms with E-state index in [1.54, 1.807) is 7.11 Å². The molecule has 0 saturated carbocycles. The normalized spacial score (nSPS) is 12.7. The van der Waals surface area contributed by atoms with Crippen LogP contribution in [-0.4, -0.2) is 13.2 Å². The fourth-order valence-corrected chi connectivity index (χ4v) is 2.48. The fourth-order valence-electron chi connectivity index (χ4n) is 1.21. The Morgan fingerprint density at radius 3 is 2.25 bits per heavy atom. The Bertz CT molecular complexity index is 366. The SMILES string of the molecule is COc1cc(NC(C)C(C)C)c(Br)cc1Br. The standard InChI is InChI=1S/C12H17Br2NO/c1-7(2)8(3)15-11-6-12(16-4)10(14)5-9(11)13/h5-8,15H,1-4H3. The van der Waals surface area contributed by atoms with Gasteiger partial charge in [0, 0.05) is 16.6 Å². The number of anilines is 1. The van der Waals surface area contributed by atoms with Crippen LogP contribution in [0.4, 0.5) is 5.69 Å². The van der Waals surface area contributed by atoms with E-state index in [1.807, 2.05) is 12.1 Å². The van der Waals surface area contributed by atoms with Crippen molar-refractivity contribution < 1.29 is 4.74 Å². The number of hydrogen-bond acceptors (Lipinski definition) is 2. The van der Waals surface area contributed by atoms with Gasteiger partial charge in [-0.25, -0.2) is 0 Å². The summed E-state index contributed by atoms with van der Waals surface area (Å²) in [6.07, 6.45) is 0. The molecule has 0 saturated heterocycles. The van der Waals surface area contributed by atoms with Crippen LogP contribution in [0.5, 0.6) is 5.75 Å². The molecule has 1 aromatic rings. The van der Waals surface area contributed by atoms with Crippen molar-refractivity contribution in [2.24, 2.45) is 5.92 Å². The molecule has 2 nitrogen and oxygen atoms in total. The van der Waals surface area contributed by atoms with Crippen LogP contribution < -0.4 is 10.1 Å². The minimum absolute atomic E-state index is 0.419. The molecule has 0 aromatic heterocycles. The van der Waals surface area contributed by atoms with E-state index in [0.29, 0.717) is 12.0 Å². The van der Waals surface area contributed by atoms with Gasteiger partial charge in [0.2, 0.25) is 0 Å². The molecule has 0 aliphatic heterocycles. The average Bonchev–Trinajstić information content (AvgIpc) is 2.21. The molecule has 16 heavy (non-hydrogen) atoms. The van der Waals surface area contributed by atoms with E-state index in [4.69, 9.17) is 4.74 Å². The quantitative estimate of drug-likeness (QED) is 0.851. The predicted octanol–water partition coefficient (Wildman–Crippen LogP) is 4.68. The van der Waals surface area contributed by atoms with Crippen LogP contribution >= 0.6 is 31.9 Å². The third-order valence-electron chi connectivity index (χ3n) is 2.62. The third kappa shape index (κ3) is 3.39. The molecule has 0 amide bonds. The highest BCUT2D eigenvalue weighted by atomic mass is 79.9. The molecule has 90 valence electrons. The van der Waals surface area contributed by atoms with Crippen molar-refractivity contribution in [1.29, 1.82) is 0 Å². The molecule has 4 heteroatoms. The zero-order valence-electron chi connectivity index (χ0n) is 9.97. The lowest BCUT2D eigenvalue weighted by atomic mass is 10.1. The summed E-state index contributed by atoms with van der Waals surface area (Å²) in [4.78, 5) is 0. The second-order valence-corrected chi connectivity index (χ2v) is 5.85. The number of nitrogens with one attached hydrogen (secondary N) is 1. The van der Waals surface area contributed by atoms with Gasteiger partial charge in [-0.3, -0.25) is 0 Å². The first kappa shape index (κ1) is 13.8. The first-order valence-corrected chi connectivity index (χ1v) is 6.84. The molecule has 0 heterocycles. The van der Waals surface area contributed by atoms with Gasteiger partial charge in [-0.15, -0.1) is 0 Å². The highest BCUT2D eigenvalue weighted by molar-refractivity contribution is 9.11. The molecule has 0 radical (unpaired) electrons. The predicted molar refractivity (Wildman–Crippen MR) is 76.3 cm³/mol. The number of benzene rings is 1. The number of rotatable bonds is 4. The monoisotopic (exact) mass is 349 g/mol. The van der Waals surface area contributed by atoms with Gasteiger partial charge in [-0.05, 0) is 50.8 Å². The summed E-state index contributed by atoms with van der Waals surface area (Å²) < 4.78 is 7.26. The average molecular weight is 351 g/mol. The van der Waals surface area contributed by atoms with Gasteiger partial charge in [-0.2, -0.15) is 0 Å². The van der Waals surface area contributed by atoms with E-state index in [9.17, 15) is 0 Å². The number of ether oxygens (including phenoxy) is 1. The molecule has 1 atom stereocenters. The topological polar surface area (TPSA) is 21.3 Å². The molecule has 1 N–H and O–H groups in total. The Kier molecular flexibility index (Phi) is 5.12. The van der Waals surface area contributed by atoms with Gasteiger partial charge in [0.1, 0.15) is 5.75 Å². The van der Waals surface area contributed by atoms with E-state index in [0.717, 1.165) is 20.4 Å². The van der Waals surface area contributed by atoms with E-state index >= 15 is 0 Å². The molecule has 0 spiro atoms. The van der Waals surface area contributed by atoms with Crippen LogP contribution in [0.2, 0.25) is 0 Å². The van der Waals surface area contributed by atoms with Crippen molar-refractivity contribution in [3.05, 3.63) is 21.1 Å². The zero-order chi connectivity index (χ0) is 12.3. The van der Waals surface area contributed by atoms with Gasteiger partial charge in [0.25, 0.3) is 0 Å². The van der Waals surface area contributed by atoms with E-state index < -0.39 is 0 Å². The summed E-state index contributed by atoms with van der Waals surface area (Å²) in [7, 11) is 1.67. The van der Waals surface area contributed by atoms with Gasteiger partial charge < -0.3 is 10.1 Å². The Labute approximate surface area is 114 Å². The van der Waals surface area contributed by atoms with Gasteiger partial charge in [-0.1, -0.05) is 13.8 Å². The largest absolute Gasteiger partial charge is 0.495 e. The molecule has 0 bridgehead atoms. The molecule has 0 aliphatic rings. The lowest BCUT2D eigenvalue weighted by Gasteiger charge is -2.20. The van der Waals surface area contributed by atoms with Gasteiger partial charge in [0.05, 0.1) is 17.3 Å². The maximum absolute atomic E-state index is 5.27. The first-order valence-electron chi connectivity index (χ1n) is 5.25. The summed E-state index contributed by atoms with van der Waals surface area (Å²) in [6, 6.07) is 4.41. The molecule has 1 rings (SSSR count). The Morgan fingerprint density at radius 2 is 1.75 bits per heavy atom. The van der Waals surface area contributed by atoms with E-state index in [2.05, 4.69) is 57.9 Å². The Balaban J connectivity index is 2.96. The lowest BCUT2D eigenvalue weighted by molar-refractivity contribution is 0.412. The van der Waals surface area contributed by atoms with Crippen molar-refractivity contribution in [2.75, 3.05) is 12.4 Å². The molecular formula is C12H17Br2NO. The van der Waals surface area contributed by atoms with Crippen LogP contribution in [0.15, 0.2) is 21.1 Å². The fraction of sp³-hybridized carbons (Fsp3) is 0.500. The summed E-state index contributed by atoms with van der Waals surface area (Å²) in [5.74, 6) is 1.42. The molecule has 0 fully saturated rings. The second-order valence-electron chi connectivity index (χ2n) is 4.14. The van der Waals surface area contributed by atoms with Crippen LogP contribution in [0.25, 0.3) is 0 Å². The molecule has 1 unspecified atom stereocenters. The van der Waals surface area contributed by atoms with E-state index in [1.165, 1.54) is 0 Å². The second kappa shape index (κ2) is 5.92. The minimum Gasteiger partial charge on any atom is -0.495 e. The summed E-state index contributed by atoms with van der Waals surface area (Å²) in [5.41, 5.74) is 1.06. The summed E-state index contributed by atoms with van der Waals surface area (Å²) in [5, 5.41) is 3.46. The van der Waals surface area contributed by atoms with Crippen molar-refractivity contribution in [2.45, 2.75) is 26.8 Å². The Hall–Kier alpha value is -0.220. The van der Waals surface area contributed by atoms with Gasteiger partial charge in [0.15, 0.2) is 0 Å². The maximum atomic E-state index is 5.27. The number of hydrogen-bond donors (Lipinski definition) is 1. The van der Waals surface area contributed by atoms with Crippen LogP contribution in [0.1, 0.15) is 20.8 Å². The highest BCUT2D eigenvalue weighted by Crippen LogP contribution is 2.35. The van der Waals surface area contributed by atoms with Crippen molar-refractivity contribution in [3.63, 3.8) is 0 Å². The maximum Gasteiger partial charge on any atom is 0.135 e. The number of halogens is 2. The Morgan fingerprint density at radius 1 is 1.12 bits per heavy atom. The van der Waals surface area contributed by atoms with Crippen molar-refractivity contribution in [1.82, 2.24) is 0 Å². The van der Waals surface area contributed by atoms with Crippen LogP contribution in [0, 0.1) is 5.92 Å². The van der Waals surface area contributed by atoms with Gasteiger partial charge >= 0.3 is 0 Å². The van der Waals surface area contributed by atoms with Crippen LogP contribution in [0.3, 0.4) is 0 Å². The molecular weight excluding hydrogens is 334 g/mol. The zero-order valence-corrected chi connectivity index (χ0v) is 13.1. The third-order valence-corrected chi connectivity index (χ3v) is 3.90. The lowest BCUT2D eigenvalue weighted by Crippen LogP contribution is -2.21. The smallest absolute Gasteiger partial charge is 0.135 e. The van der Waals surface area contributed by atoms with Crippen molar-refractivity contribution >= 4 is 37.5 Å².